The highest BCUT2D eigenvalue weighted by molar-refractivity contribution is 6.23. The molecule has 0 aliphatic carbocycles. The molecule has 4 nitrogen and oxygen atoms in total. The van der Waals surface area contributed by atoms with E-state index in [1.54, 1.807) is 0 Å². The van der Waals surface area contributed by atoms with Gasteiger partial charge >= 0.3 is 0 Å². The van der Waals surface area contributed by atoms with Gasteiger partial charge in [0.2, 0.25) is 5.91 Å². The molecule has 2 aromatic rings. The van der Waals surface area contributed by atoms with E-state index in [0.717, 1.165) is 22.4 Å². The van der Waals surface area contributed by atoms with Gasteiger partial charge in [0.05, 0.1) is 12.1 Å². The Morgan fingerprint density at radius 1 is 1.00 bits per heavy atom. The summed E-state index contributed by atoms with van der Waals surface area (Å²) in [5, 5.41) is 3.21. The van der Waals surface area contributed by atoms with Gasteiger partial charge in [0, 0.05) is 5.69 Å². The predicted molar refractivity (Wildman–Crippen MR) is 91.6 cm³/mol. The number of para-hydroxylation sites is 1. The fraction of sp³-hybridized carbons (Fsp3) is 0.263. The Balaban J connectivity index is 1.87. The number of nitrogens with one attached hydrogen (secondary N) is 1. The van der Waals surface area contributed by atoms with Gasteiger partial charge in [0.15, 0.2) is 0 Å². The van der Waals surface area contributed by atoms with E-state index in [1.807, 2.05) is 63.2 Å². The van der Waals surface area contributed by atoms with E-state index in [2.05, 4.69) is 5.32 Å². The third-order valence-electron chi connectivity index (χ3n) is 4.21. The fourth-order valence-electron chi connectivity index (χ4n) is 2.98. The lowest BCUT2D eigenvalue weighted by Crippen LogP contribution is -2.35. The normalized spacial score (nSPS) is 17.7. The number of imide groups is 1. The fourth-order valence-corrected chi connectivity index (χ4v) is 2.98. The molecule has 0 radical (unpaired) electrons. The van der Waals surface area contributed by atoms with Gasteiger partial charge in [-0.2, -0.15) is 0 Å². The minimum absolute atomic E-state index is 0.159. The molecule has 23 heavy (non-hydrogen) atoms. The summed E-state index contributed by atoms with van der Waals surface area (Å²) in [6.07, 6.45) is 0.181. The van der Waals surface area contributed by atoms with Crippen molar-refractivity contribution in [1.29, 1.82) is 0 Å². The number of hydrogen-bond acceptors (Lipinski definition) is 3. The summed E-state index contributed by atoms with van der Waals surface area (Å²) in [7, 11) is 0. The number of hydrogen-bond donors (Lipinski definition) is 1. The van der Waals surface area contributed by atoms with Crippen molar-refractivity contribution in [2.45, 2.75) is 33.2 Å². The molecule has 3 rings (SSSR count). The summed E-state index contributed by atoms with van der Waals surface area (Å²) >= 11 is 0. The highest BCUT2D eigenvalue weighted by Gasteiger charge is 2.40. The number of amides is 2. The molecule has 0 unspecified atom stereocenters. The van der Waals surface area contributed by atoms with Crippen molar-refractivity contribution >= 4 is 23.2 Å². The lowest BCUT2D eigenvalue weighted by atomic mass is 10.1. The van der Waals surface area contributed by atoms with Crippen LogP contribution in [0.3, 0.4) is 0 Å². The molecule has 1 N–H and O–H groups in total. The quantitative estimate of drug-likeness (QED) is 0.885. The smallest absolute Gasteiger partial charge is 0.256 e. The summed E-state index contributed by atoms with van der Waals surface area (Å²) in [5.41, 5.74) is 4.67. The van der Waals surface area contributed by atoms with Crippen LogP contribution in [0.5, 0.6) is 0 Å². The van der Waals surface area contributed by atoms with E-state index in [4.69, 9.17) is 0 Å². The molecule has 0 bridgehead atoms. The molecule has 1 aliphatic heterocycles. The van der Waals surface area contributed by atoms with Gasteiger partial charge in [0.1, 0.15) is 6.04 Å². The van der Waals surface area contributed by atoms with Crippen LogP contribution >= 0.6 is 0 Å². The first kappa shape index (κ1) is 15.3. The summed E-state index contributed by atoms with van der Waals surface area (Å²) in [6.45, 7) is 5.89. The zero-order valence-electron chi connectivity index (χ0n) is 13.6. The molecule has 2 aromatic carbocycles. The Kier molecular flexibility index (Phi) is 3.90. The van der Waals surface area contributed by atoms with Crippen molar-refractivity contribution in [3.05, 3.63) is 59.2 Å². The summed E-state index contributed by atoms with van der Waals surface area (Å²) in [6, 6.07) is 13.0. The zero-order valence-corrected chi connectivity index (χ0v) is 13.6. The van der Waals surface area contributed by atoms with E-state index in [-0.39, 0.29) is 18.2 Å². The second-order valence-corrected chi connectivity index (χ2v) is 6.07. The number of rotatable bonds is 3. The SMILES string of the molecule is Cc1ccc(N2C(=O)C[C@@H](Nc3ccccc3C)C2=O)c(C)c1. The highest BCUT2D eigenvalue weighted by atomic mass is 16.2. The van der Waals surface area contributed by atoms with Crippen molar-refractivity contribution in [2.75, 3.05) is 10.2 Å². The van der Waals surface area contributed by atoms with Gasteiger partial charge in [-0.15, -0.1) is 0 Å². The number of aryl methyl sites for hydroxylation is 3. The van der Waals surface area contributed by atoms with Crippen molar-refractivity contribution in [2.24, 2.45) is 0 Å². The van der Waals surface area contributed by atoms with Crippen LogP contribution in [0.4, 0.5) is 11.4 Å². The predicted octanol–water partition coefficient (Wildman–Crippen LogP) is 3.36. The Morgan fingerprint density at radius 3 is 2.43 bits per heavy atom. The standard InChI is InChI=1S/C19H20N2O2/c1-12-8-9-17(14(3)10-12)21-18(22)11-16(19(21)23)20-15-7-5-4-6-13(15)2/h4-10,16,20H,11H2,1-3H3/t16-/m1/s1. The van der Waals surface area contributed by atoms with Gasteiger partial charge in [-0.1, -0.05) is 35.9 Å². The maximum atomic E-state index is 12.7. The topological polar surface area (TPSA) is 49.4 Å². The van der Waals surface area contributed by atoms with E-state index >= 15 is 0 Å². The van der Waals surface area contributed by atoms with E-state index in [0.29, 0.717) is 5.69 Å². The van der Waals surface area contributed by atoms with E-state index in [1.165, 1.54) is 4.90 Å². The first-order valence-corrected chi connectivity index (χ1v) is 7.73. The van der Waals surface area contributed by atoms with Crippen LogP contribution in [0.1, 0.15) is 23.1 Å². The number of nitrogens with zero attached hydrogens (tertiary/aromatic N) is 1. The number of anilines is 2. The molecule has 0 aromatic heterocycles. The van der Waals surface area contributed by atoms with Gasteiger partial charge < -0.3 is 5.32 Å². The van der Waals surface area contributed by atoms with Crippen LogP contribution < -0.4 is 10.2 Å². The Morgan fingerprint density at radius 2 is 1.74 bits per heavy atom. The Hall–Kier alpha value is -2.62. The summed E-state index contributed by atoms with van der Waals surface area (Å²) in [5.74, 6) is -0.349. The third kappa shape index (κ3) is 2.84. The van der Waals surface area contributed by atoms with Crippen molar-refractivity contribution in [3.63, 3.8) is 0 Å². The molecule has 1 aliphatic rings. The lowest BCUT2D eigenvalue weighted by Gasteiger charge is -2.19. The minimum Gasteiger partial charge on any atom is -0.373 e. The molecule has 118 valence electrons. The van der Waals surface area contributed by atoms with Crippen LogP contribution in [-0.2, 0) is 9.59 Å². The average Bonchev–Trinajstić information content (AvgIpc) is 2.77. The average molecular weight is 308 g/mol. The molecule has 0 saturated carbocycles. The zero-order chi connectivity index (χ0) is 16.6. The second kappa shape index (κ2) is 5.88. The summed E-state index contributed by atoms with van der Waals surface area (Å²) in [4.78, 5) is 26.4. The first-order valence-electron chi connectivity index (χ1n) is 7.73. The van der Waals surface area contributed by atoms with Crippen LogP contribution in [0.2, 0.25) is 0 Å². The van der Waals surface area contributed by atoms with Crippen molar-refractivity contribution in [3.8, 4) is 0 Å². The molecule has 1 saturated heterocycles. The lowest BCUT2D eigenvalue weighted by molar-refractivity contribution is -0.121. The van der Waals surface area contributed by atoms with E-state index < -0.39 is 6.04 Å². The molecule has 1 atom stereocenters. The number of carbonyl (C=O) groups excluding carboxylic acids is 2. The molecule has 4 heteroatoms. The van der Waals surface area contributed by atoms with Gasteiger partial charge in [0.25, 0.3) is 5.91 Å². The van der Waals surface area contributed by atoms with E-state index in [9.17, 15) is 9.59 Å². The van der Waals surface area contributed by atoms with Crippen LogP contribution in [0.15, 0.2) is 42.5 Å². The maximum absolute atomic E-state index is 12.7. The molecule has 1 fully saturated rings. The largest absolute Gasteiger partial charge is 0.373 e. The van der Waals surface area contributed by atoms with Crippen LogP contribution in [-0.4, -0.2) is 17.9 Å². The molecule has 1 heterocycles. The summed E-state index contributed by atoms with van der Waals surface area (Å²) < 4.78 is 0. The van der Waals surface area contributed by atoms with Crippen LogP contribution in [0.25, 0.3) is 0 Å². The molecular formula is C19H20N2O2. The highest BCUT2D eigenvalue weighted by Crippen LogP contribution is 2.28. The number of benzene rings is 2. The third-order valence-corrected chi connectivity index (χ3v) is 4.21. The van der Waals surface area contributed by atoms with Gasteiger partial charge in [-0.3, -0.25) is 9.59 Å². The van der Waals surface area contributed by atoms with Crippen molar-refractivity contribution in [1.82, 2.24) is 0 Å². The monoisotopic (exact) mass is 308 g/mol. The Labute approximate surface area is 136 Å². The molecule has 0 spiro atoms. The molecular weight excluding hydrogens is 288 g/mol. The minimum atomic E-state index is -0.510. The van der Waals surface area contributed by atoms with Gasteiger partial charge in [-0.25, -0.2) is 4.90 Å². The van der Waals surface area contributed by atoms with Crippen molar-refractivity contribution < 1.29 is 9.59 Å². The van der Waals surface area contributed by atoms with Crippen LogP contribution in [0, 0.1) is 20.8 Å². The molecule has 2 amide bonds. The Bertz CT molecular complexity index is 783. The second-order valence-electron chi connectivity index (χ2n) is 6.07. The maximum Gasteiger partial charge on any atom is 0.256 e. The van der Waals surface area contributed by atoms with Gasteiger partial charge in [-0.05, 0) is 44.0 Å². The number of carbonyl (C=O) groups is 2. The first-order chi connectivity index (χ1) is 11.0.